The Hall–Kier alpha value is -6.53. The van der Waals surface area contributed by atoms with Gasteiger partial charge in [0.2, 0.25) is 0 Å². The van der Waals surface area contributed by atoms with Crippen molar-refractivity contribution in [3.8, 4) is 11.1 Å². The molecule has 0 spiro atoms. The third-order valence-corrected chi connectivity index (χ3v) is 10.1. The minimum absolute atomic E-state index is 0.0416. The molecule has 5 rings (SSSR count). The van der Waals surface area contributed by atoms with Crippen LogP contribution in [0.5, 0.6) is 0 Å². The van der Waals surface area contributed by atoms with Crippen molar-refractivity contribution in [1.29, 1.82) is 0 Å². The zero-order valence-electron chi connectivity index (χ0n) is 37.4. The van der Waals surface area contributed by atoms with Crippen molar-refractivity contribution >= 4 is 42.0 Å². The Kier molecular flexibility index (Phi) is 17.4. The number of hydrogen-bond acceptors (Lipinski definition) is 16. The summed E-state index contributed by atoms with van der Waals surface area (Å²) in [6.45, 7) is 8.40. The Morgan fingerprint density at radius 3 is 1.78 bits per heavy atom. The number of rotatable bonds is 18. The molecule has 1 aliphatic heterocycles. The van der Waals surface area contributed by atoms with Gasteiger partial charge in [0.1, 0.15) is 37.6 Å². The Balaban J connectivity index is 1.41. The highest BCUT2D eigenvalue weighted by atomic mass is 16.7. The van der Waals surface area contributed by atoms with Gasteiger partial charge in [-0.3, -0.25) is 19.2 Å². The molecule has 0 bridgehead atoms. The summed E-state index contributed by atoms with van der Waals surface area (Å²) in [7, 11) is 0. The number of nitrogens with one attached hydrogen (secondary N) is 2. The molecule has 2 N–H and O–H groups in total. The molecule has 18 heteroatoms. The Labute approximate surface area is 376 Å². The second kappa shape index (κ2) is 22.9. The number of benzene rings is 3. The predicted octanol–water partition coefficient (Wildman–Crippen LogP) is 5.41. The third kappa shape index (κ3) is 14.8. The highest BCUT2D eigenvalue weighted by molar-refractivity contribution is 5.82. The maximum Gasteiger partial charge on any atom is 0.407 e. The lowest BCUT2D eigenvalue weighted by atomic mass is 9.97. The van der Waals surface area contributed by atoms with Gasteiger partial charge in [-0.05, 0) is 61.4 Å². The van der Waals surface area contributed by atoms with Crippen molar-refractivity contribution in [2.75, 3.05) is 19.8 Å². The van der Waals surface area contributed by atoms with E-state index in [0.717, 1.165) is 49.9 Å². The fraction of sp³-hybridized carbons (Fsp3) is 0.468. The van der Waals surface area contributed by atoms with Gasteiger partial charge in [0.05, 0.1) is 6.10 Å². The number of fused-ring (bicyclic) bond motifs is 3. The summed E-state index contributed by atoms with van der Waals surface area (Å²) < 4.78 is 51.2. The normalized spacial score (nSPS) is 19.8. The van der Waals surface area contributed by atoms with Gasteiger partial charge in [-0.25, -0.2) is 14.4 Å². The van der Waals surface area contributed by atoms with Crippen molar-refractivity contribution in [1.82, 2.24) is 10.6 Å². The van der Waals surface area contributed by atoms with Crippen LogP contribution in [0.15, 0.2) is 78.9 Å². The number of esters is 5. The predicted molar refractivity (Wildman–Crippen MR) is 229 cm³/mol. The van der Waals surface area contributed by atoms with Crippen molar-refractivity contribution in [2.24, 2.45) is 0 Å². The largest absolute Gasteiger partial charge is 0.463 e. The lowest BCUT2D eigenvalue weighted by Gasteiger charge is -2.44. The standard InChI is InChI=1S/C47H56N2O16/c1-27(50)57-26-39-40(60-28(2)51)41(61-29(3)52)42(62-30(4)53)44(64-39)63-32(23-48-45(55)65-47(5,6)7)21-22-38(43(54)58-24-31-15-9-8-10-16-31)49-46(56)59-25-37-35-19-13-11-17-33(35)34-18-12-14-20-36(34)37/h8-20,32,37-42,44H,21-26H2,1-7H3,(H,48,55)(H,49,56)/t32-,38+,39-,40+,41+,42-,44-/m1/s1. The minimum Gasteiger partial charge on any atom is -0.463 e. The maximum atomic E-state index is 13.8. The highest BCUT2D eigenvalue weighted by Gasteiger charge is 2.53. The summed E-state index contributed by atoms with van der Waals surface area (Å²) in [6, 6.07) is 23.2. The summed E-state index contributed by atoms with van der Waals surface area (Å²) in [4.78, 5) is 89.6. The van der Waals surface area contributed by atoms with Crippen molar-refractivity contribution in [3.05, 3.63) is 95.6 Å². The second-order valence-electron chi connectivity index (χ2n) is 16.4. The summed E-state index contributed by atoms with van der Waals surface area (Å²) in [5, 5.41) is 5.26. The van der Waals surface area contributed by atoms with Crippen LogP contribution in [0.4, 0.5) is 9.59 Å². The fourth-order valence-corrected chi connectivity index (χ4v) is 7.43. The van der Waals surface area contributed by atoms with Crippen LogP contribution < -0.4 is 10.6 Å². The molecule has 2 aliphatic rings. The third-order valence-electron chi connectivity index (χ3n) is 10.1. The molecule has 0 saturated carbocycles. The topological polar surface area (TPSA) is 227 Å². The molecule has 7 atom stereocenters. The highest BCUT2D eigenvalue weighted by Crippen LogP contribution is 2.44. The molecular formula is C47H56N2O16. The quantitative estimate of drug-likeness (QED) is 0.120. The molecule has 3 aromatic carbocycles. The average Bonchev–Trinajstić information content (AvgIpc) is 3.56. The van der Waals surface area contributed by atoms with E-state index in [9.17, 15) is 33.6 Å². The molecule has 0 radical (unpaired) electrons. The van der Waals surface area contributed by atoms with E-state index in [1.807, 2.05) is 54.6 Å². The molecule has 1 saturated heterocycles. The first-order valence-corrected chi connectivity index (χ1v) is 21.1. The molecule has 1 aliphatic carbocycles. The van der Waals surface area contributed by atoms with Crippen LogP contribution >= 0.6 is 0 Å². The van der Waals surface area contributed by atoms with Crippen LogP contribution in [0.2, 0.25) is 0 Å². The van der Waals surface area contributed by atoms with Crippen LogP contribution in [0.1, 0.15) is 83.9 Å². The Morgan fingerprint density at radius 2 is 1.20 bits per heavy atom. The lowest BCUT2D eigenvalue weighted by Crippen LogP contribution is -2.63. The molecule has 65 heavy (non-hydrogen) atoms. The van der Waals surface area contributed by atoms with Crippen LogP contribution in [-0.2, 0) is 73.2 Å². The summed E-state index contributed by atoms with van der Waals surface area (Å²) in [5.41, 5.74) is 3.83. The maximum absolute atomic E-state index is 13.8. The van der Waals surface area contributed by atoms with Gasteiger partial charge in [0, 0.05) is 40.2 Å². The first-order chi connectivity index (χ1) is 30.9. The van der Waals surface area contributed by atoms with E-state index in [2.05, 4.69) is 10.6 Å². The molecular weight excluding hydrogens is 849 g/mol. The summed E-state index contributed by atoms with van der Waals surface area (Å²) in [6.07, 6.45) is -10.7. The van der Waals surface area contributed by atoms with E-state index < -0.39 is 97.1 Å². The first kappa shape index (κ1) is 49.5. The van der Waals surface area contributed by atoms with Gasteiger partial charge in [-0.1, -0.05) is 78.9 Å². The molecule has 0 aromatic heterocycles. The first-order valence-electron chi connectivity index (χ1n) is 21.1. The van der Waals surface area contributed by atoms with Gasteiger partial charge in [-0.15, -0.1) is 0 Å². The van der Waals surface area contributed by atoms with E-state index in [1.54, 1.807) is 45.0 Å². The summed E-state index contributed by atoms with van der Waals surface area (Å²) >= 11 is 0. The zero-order chi connectivity index (χ0) is 47.3. The number of ether oxygens (including phenoxy) is 9. The molecule has 1 fully saturated rings. The summed E-state index contributed by atoms with van der Waals surface area (Å²) in [5.74, 6) is -4.33. The molecule has 350 valence electrons. The van der Waals surface area contributed by atoms with Gasteiger partial charge < -0.3 is 53.3 Å². The minimum atomic E-state index is -1.64. The fourth-order valence-electron chi connectivity index (χ4n) is 7.43. The van der Waals surface area contributed by atoms with Crippen LogP contribution in [0, 0.1) is 0 Å². The van der Waals surface area contributed by atoms with E-state index in [4.69, 9.17) is 42.6 Å². The van der Waals surface area contributed by atoms with E-state index >= 15 is 0 Å². The van der Waals surface area contributed by atoms with Crippen molar-refractivity contribution < 1.29 is 76.2 Å². The van der Waals surface area contributed by atoms with Crippen LogP contribution in [-0.4, -0.2) is 110 Å². The number of carbonyl (C=O) groups excluding carboxylic acids is 7. The number of carbonyl (C=O) groups is 7. The zero-order valence-corrected chi connectivity index (χ0v) is 37.4. The lowest BCUT2D eigenvalue weighted by molar-refractivity contribution is -0.316. The molecule has 2 amide bonds. The van der Waals surface area contributed by atoms with Crippen molar-refractivity contribution in [3.63, 3.8) is 0 Å². The smallest absolute Gasteiger partial charge is 0.407 e. The Morgan fingerprint density at radius 1 is 0.631 bits per heavy atom. The van der Waals surface area contributed by atoms with Gasteiger partial charge in [-0.2, -0.15) is 0 Å². The number of hydrogen-bond donors (Lipinski definition) is 2. The Bertz CT molecular complexity index is 2110. The van der Waals surface area contributed by atoms with E-state index in [-0.39, 0.29) is 38.5 Å². The average molecular weight is 905 g/mol. The van der Waals surface area contributed by atoms with E-state index in [0.29, 0.717) is 5.56 Å². The molecule has 3 aromatic rings. The van der Waals surface area contributed by atoms with Gasteiger partial charge in [0.15, 0.2) is 24.6 Å². The molecule has 1 heterocycles. The molecule has 18 nitrogen and oxygen atoms in total. The van der Waals surface area contributed by atoms with E-state index in [1.165, 1.54) is 0 Å². The van der Waals surface area contributed by atoms with Gasteiger partial charge >= 0.3 is 42.0 Å². The SMILES string of the molecule is CC(=O)OC[C@H]1O[C@@H](O[C@H](CC[C@H](NC(=O)OCC2c3ccccc3-c3ccccc32)C(=O)OCc2ccccc2)CNC(=O)OC(C)(C)C)[C@H](OC(C)=O)[C@@H](OC(C)=O)[C@H]1OC(C)=O. The van der Waals surface area contributed by atoms with Crippen LogP contribution in [0.3, 0.4) is 0 Å². The number of alkyl carbamates (subject to hydrolysis) is 2. The van der Waals surface area contributed by atoms with Crippen LogP contribution in [0.25, 0.3) is 11.1 Å². The monoisotopic (exact) mass is 904 g/mol. The van der Waals surface area contributed by atoms with Crippen molar-refractivity contribution in [2.45, 2.75) is 122 Å². The van der Waals surface area contributed by atoms with Gasteiger partial charge in [0.25, 0.3) is 0 Å². The number of amides is 2. The molecule has 0 unspecified atom stereocenters. The second-order valence-corrected chi connectivity index (χ2v) is 16.4.